The van der Waals surface area contributed by atoms with Gasteiger partial charge in [0.05, 0.1) is 6.61 Å². The standard InChI is InChI=1S/C8H14NO/c1-3-5-9(6-4-2)7-8-10/h3-4H,1-2,5-8H2. The summed E-state index contributed by atoms with van der Waals surface area (Å²) in [6, 6.07) is 0. The van der Waals surface area contributed by atoms with E-state index in [4.69, 9.17) is 0 Å². The molecule has 0 bridgehead atoms. The molecule has 0 N–H and O–H groups in total. The number of rotatable bonds is 6. The molecule has 10 heavy (non-hydrogen) atoms. The van der Waals surface area contributed by atoms with E-state index in [1.165, 1.54) is 0 Å². The molecule has 0 aromatic carbocycles. The zero-order chi connectivity index (χ0) is 7.82. The quantitative estimate of drug-likeness (QED) is 0.506. The average molecular weight is 140 g/mol. The molecule has 0 heterocycles. The van der Waals surface area contributed by atoms with Crippen LogP contribution in [0.15, 0.2) is 25.3 Å². The van der Waals surface area contributed by atoms with Crippen molar-refractivity contribution < 1.29 is 5.11 Å². The summed E-state index contributed by atoms with van der Waals surface area (Å²) in [7, 11) is 0. The molecule has 0 saturated carbocycles. The van der Waals surface area contributed by atoms with Gasteiger partial charge in [0.2, 0.25) is 0 Å². The summed E-state index contributed by atoms with van der Waals surface area (Å²) in [6.07, 6.45) is 3.58. The van der Waals surface area contributed by atoms with Crippen molar-refractivity contribution in [3.8, 4) is 0 Å². The Kier molecular flexibility index (Phi) is 6.13. The summed E-state index contributed by atoms with van der Waals surface area (Å²) in [4.78, 5) is 1.99. The summed E-state index contributed by atoms with van der Waals surface area (Å²) >= 11 is 0. The Balaban J connectivity index is 3.48. The summed E-state index contributed by atoms with van der Waals surface area (Å²) in [6.45, 7) is 9.25. The van der Waals surface area contributed by atoms with E-state index < -0.39 is 0 Å². The molecule has 0 amide bonds. The topological polar surface area (TPSA) is 23.1 Å². The molecule has 0 aromatic heterocycles. The Morgan fingerprint density at radius 3 is 2.00 bits per heavy atom. The molecule has 2 heteroatoms. The molecule has 2 nitrogen and oxygen atoms in total. The highest BCUT2D eigenvalue weighted by molar-refractivity contribution is 4.79. The second-order valence-corrected chi connectivity index (χ2v) is 2.04. The SMILES string of the molecule is C=CCN(CC=C)CC[O]. The summed E-state index contributed by atoms with van der Waals surface area (Å²) in [5.41, 5.74) is 0. The average Bonchev–Trinajstić information content (AvgIpc) is 1.90. The molecule has 1 radical (unpaired) electrons. The van der Waals surface area contributed by atoms with E-state index in [2.05, 4.69) is 13.2 Å². The van der Waals surface area contributed by atoms with Crippen molar-refractivity contribution in [3.05, 3.63) is 25.3 Å². The second kappa shape index (κ2) is 6.52. The van der Waals surface area contributed by atoms with Gasteiger partial charge in [0.1, 0.15) is 0 Å². The molecule has 0 saturated heterocycles. The zero-order valence-electron chi connectivity index (χ0n) is 6.25. The van der Waals surface area contributed by atoms with Gasteiger partial charge in [-0.2, -0.15) is 0 Å². The smallest absolute Gasteiger partial charge is 0.0949 e. The normalized spacial score (nSPS) is 9.80. The molecule has 57 valence electrons. The van der Waals surface area contributed by atoms with Crippen LogP contribution in [0.5, 0.6) is 0 Å². The molecule has 0 aromatic rings. The lowest BCUT2D eigenvalue weighted by Crippen LogP contribution is -2.26. The maximum atomic E-state index is 10.2. The van der Waals surface area contributed by atoms with Crippen LogP contribution >= 0.6 is 0 Å². The monoisotopic (exact) mass is 140 g/mol. The van der Waals surface area contributed by atoms with E-state index in [0.717, 1.165) is 13.1 Å². The van der Waals surface area contributed by atoms with Crippen LogP contribution < -0.4 is 0 Å². The largest absolute Gasteiger partial charge is 0.294 e. The van der Waals surface area contributed by atoms with Gasteiger partial charge in [-0.25, -0.2) is 5.11 Å². The summed E-state index contributed by atoms with van der Waals surface area (Å²) in [5.74, 6) is 0. The van der Waals surface area contributed by atoms with Crippen molar-refractivity contribution in [2.75, 3.05) is 26.2 Å². The van der Waals surface area contributed by atoms with Gasteiger partial charge in [-0.05, 0) is 0 Å². The lowest BCUT2D eigenvalue weighted by Gasteiger charge is -2.15. The van der Waals surface area contributed by atoms with E-state index in [-0.39, 0.29) is 6.61 Å². The zero-order valence-corrected chi connectivity index (χ0v) is 6.25. The molecule has 0 aliphatic carbocycles. The van der Waals surface area contributed by atoms with Gasteiger partial charge in [0, 0.05) is 19.6 Å². The predicted molar refractivity (Wildman–Crippen MR) is 42.4 cm³/mol. The van der Waals surface area contributed by atoms with Crippen LogP contribution in [-0.2, 0) is 5.11 Å². The highest BCUT2D eigenvalue weighted by Crippen LogP contribution is 1.87. The van der Waals surface area contributed by atoms with Crippen molar-refractivity contribution in [2.24, 2.45) is 0 Å². The van der Waals surface area contributed by atoms with Crippen LogP contribution in [0.2, 0.25) is 0 Å². The first-order chi connectivity index (χ1) is 4.85. The maximum Gasteiger partial charge on any atom is 0.0949 e. The number of hydrogen-bond donors (Lipinski definition) is 0. The minimum absolute atomic E-state index is 0.0539. The third-order valence-electron chi connectivity index (χ3n) is 1.18. The van der Waals surface area contributed by atoms with Gasteiger partial charge >= 0.3 is 0 Å². The molecule has 0 unspecified atom stereocenters. The first-order valence-corrected chi connectivity index (χ1v) is 3.37. The summed E-state index contributed by atoms with van der Waals surface area (Å²) < 4.78 is 0. The Morgan fingerprint density at radius 1 is 1.20 bits per heavy atom. The van der Waals surface area contributed by atoms with Crippen LogP contribution in [0.25, 0.3) is 0 Å². The second-order valence-electron chi connectivity index (χ2n) is 2.04. The fraction of sp³-hybridized carbons (Fsp3) is 0.500. The van der Waals surface area contributed by atoms with Crippen LogP contribution in [0.4, 0.5) is 0 Å². The van der Waals surface area contributed by atoms with Crippen LogP contribution in [-0.4, -0.2) is 31.1 Å². The maximum absolute atomic E-state index is 10.2. The van der Waals surface area contributed by atoms with Crippen molar-refractivity contribution in [2.45, 2.75) is 0 Å². The number of hydrogen-bond acceptors (Lipinski definition) is 1. The van der Waals surface area contributed by atoms with E-state index in [0.29, 0.717) is 6.54 Å². The van der Waals surface area contributed by atoms with Gasteiger partial charge in [-0.3, -0.25) is 4.90 Å². The van der Waals surface area contributed by atoms with E-state index in [1.54, 1.807) is 12.2 Å². The van der Waals surface area contributed by atoms with Gasteiger partial charge in [0.15, 0.2) is 0 Å². The molecular weight excluding hydrogens is 126 g/mol. The lowest BCUT2D eigenvalue weighted by atomic mass is 10.4. The molecule has 0 aliphatic heterocycles. The van der Waals surface area contributed by atoms with Crippen molar-refractivity contribution >= 4 is 0 Å². The van der Waals surface area contributed by atoms with Crippen LogP contribution in [0.1, 0.15) is 0 Å². The Labute approximate surface area is 62.5 Å². The van der Waals surface area contributed by atoms with Gasteiger partial charge in [0.25, 0.3) is 0 Å². The fourth-order valence-corrected chi connectivity index (χ4v) is 0.751. The van der Waals surface area contributed by atoms with Gasteiger partial charge in [-0.1, -0.05) is 12.2 Å². The fourth-order valence-electron chi connectivity index (χ4n) is 0.751. The Morgan fingerprint density at radius 2 is 1.70 bits per heavy atom. The van der Waals surface area contributed by atoms with Gasteiger partial charge < -0.3 is 0 Å². The third kappa shape index (κ3) is 4.30. The van der Waals surface area contributed by atoms with Crippen molar-refractivity contribution in [1.29, 1.82) is 0 Å². The minimum atomic E-state index is -0.0539. The van der Waals surface area contributed by atoms with Crippen LogP contribution in [0.3, 0.4) is 0 Å². The Bertz CT molecular complexity index is 91.4. The molecular formula is C8H14NO. The molecule has 0 fully saturated rings. The molecule has 0 rings (SSSR count). The highest BCUT2D eigenvalue weighted by Gasteiger charge is 1.97. The molecule has 0 spiro atoms. The van der Waals surface area contributed by atoms with Crippen molar-refractivity contribution in [1.82, 2.24) is 4.90 Å². The number of nitrogens with zero attached hydrogens (tertiary/aromatic N) is 1. The van der Waals surface area contributed by atoms with E-state index in [9.17, 15) is 5.11 Å². The van der Waals surface area contributed by atoms with E-state index >= 15 is 0 Å². The minimum Gasteiger partial charge on any atom is -0.294 e. The van der Waals surface area contributed by atoms with Crippen LogP contribution in [0, 0.1) is 0 Å². The van der Waals surface area contributed by atoms with Crippen molar-refractivity contribution in [3.63, 3.8) is 0 Å². The summed E-state index contributed by atoms with van der Waals surface area (Å²) in [5, 5.41) is 10.2. The lowest BCUT2D eigenvalue weighted by molar-refractivity contribution is 0.153. The first-order valence-electron chi connectivity index (χ1n) is 3.37. The van der Waals surface area contributed by atoms with E-state index in [1.807, 2.05) is 4.90 Å². The molecule has 0 aliphatic rings. The highest BCUT2D eigenvalue weighted by atomic mass is 16.3. The third-order valence-corrected chi connectivity index (χ3v) is 1.18. The first kappa shape index (κ1) is 9.40. The Hall–Kier alpha value is -0.600. The van der Waals surface area contributed by atoms with Gasteiger partial charge in [-0.15, -0.1) is 13.2 Å². The predicted octanol–water partition coefficient (Wildman–Crippen LogP) is 1.09. The molecule has 0 atom stereocenters.